The molecule has 1 aliphatic heterocycles. The Bertz CT molecular complexity index is 236. The summed E-state index contributed by atoms with van der Waals surface area (Å²) in [7, 11) is 2.16. The zero-order valence-corrected chi connectivity index (χ0v) is 13.2. The quantitative estimate of drug-likeness (QED) is 0.825. The van der Waals surface area contributed by atoms with Crippen LogP contribution in [0.2, 0.25) is 0 Å². The molecule has 0 saturated carbocycles. The molecule has 6 heteroatoms. The molecule has 0 atom stereocenters. The van der Waals surface area contributed by atoms with E-state index >= 15 is 0 Å². The number of hydrogen-bond donors (Lipinski definition) is 2. The van der Waals surface area contributed by atoms with Crippen molar-refractivity contribution in [3.05, 3.63) is 0 Å². The lowest BCUT2D eigenvalue weighted by Crippen LogP contribution is -2.49. The van der Waals surface area contributed by atoms with Gasteiger partial charge in [0.1, 0.15) is 0 Å². The van der Waals surface area contributed by atoms with Gasteiger partial charge in [0.2, 0.25) is 5.91 Å². The predicted octanol–water partition coefficient (Wildman–Crippen LogP) is 1.42. The van der Waals surface area contributed by atoms with Crippen molar-refractivity contribution in [2.75, 3.05) is 26.7 Å². The first-order chi connectivity index (χ1) is 7.39. The van der Waals surface area contributed by atoms with Gasteiger partial charge >= 0.3 is 0 Å². The van der Waals surface area contributed by atoms with Gasteiger partial charge in [0.05, 0.1) is 5.54 Å². The van der Waals surface area contributed by atoms with E-state index in [1.54, 1.807) is 13.8 Å². The van der Waals surface area contributed by atoms with Crippen LogP contribution in [0.5, 0.6) is 0 Å². The standard InChI is InChI=1S/C12H25N3O.2ClH/c1-12(2,13)11(16)14-7-4-10-5-8-15(3)9-6-10;;/h10H,4-9,13H2,1-3H3,(H,14,16);2*1H. The molecule has 1 amide bonds. The predicted molar refractivity (Wildman–Crippen MR) is 80.6 cm³/mol. The van der Waals surface area contributed by atoms with E-state index in [0.29, 0.717) is 0 Å². The molecule has 0 radical (unpaired) electrons. The summed E-state index contributed by atoms with van der Waals surface area (Å²) in [6.45, 7) is 6.59. The monoisotopic (exact) mass is 299 g/mol. The minimum Gasteiger partial charge on any atom is -0.355 e. The van der Waals surface area contributed by atoms with Crippen LogP contribution >= 0.6 is 24.8 Å². The minimum absolute atomic E-state index is 0. The number of rotatable bonds is 4. The number of nitrogens with one attached hydrogen (secondary N) is 1. The van der Waals surface area contributed by atoms with Crippen molar-refractivity contribution in [2.45, 2.75) is 38.6 Å². The van der Waals surface area contributed by atoms with Crippen LogP contribution in [-0.2, 0) is 4.79 Å². The van der Waals surface area contributed by atoms with Gasteiger partial charge in [0, 0.05) is 6.54 Å². The maximum atomic E-state index is 11.5. The van der Waals surface area contributed by atoms with Gasteiger partial charge in [-0.15, -0.1) is 24.8 Å². The molecule has 1 aliphatic rings. The number of piperidine rings is 1. The lowest BCUT2D eigenvalue weighted by molar-refractivity contribution is -0.125. The summed E-state index contributed by atoms with van der Waals surface area (Å²) < 4.78 is 0. The first-order valence-corrected chi connectivity index (χ1v) is 6.15. The molecule has 110 valence electrons. The molecule has 1 heterocycles. The normalized spacial score (nSPS) is 17.6. The average molecular weight is 300 g/mol. The third-order valence-electron chi connectivity index (χ3n) is 3.26. The number of likely N-dealkylation sites (tertiary alicyclic amines) is 1. The van der Waals surface area contributed by atoms with Crippen LogP contribution in [0.25, 0.3) is 0 Å². The Morgan fingerprint density at radius 3 is 2.28 bits per heavy atom. The molecule has 0 aromatic rings. The number of halogens is 2. The van der Waals surface area contributed by atoms with Gasteiger partial charge in [-0.2, -0.15) is 0 Å². The smallest absolute Gasteiger partial charge is 0.239 e. The number of nitrogens with two attached hydrogens (primary N) is 1. The highest BCUT2D eigenvalue weighted by Gasteiger charge is 2.22. The van der Waals surface area contributed by atoms with Crippen LogP contribution in [0.15, 0.2) is 0 Å². The molecule has 0 unspecified atom stereocenters. The van der Waals surface area contributed by atoms with Crippen molar-refractivity contribution in [3.8, 4) is 0 Å². The highest BCUT2D eigenvalue weighted by Crippen LogP contribution is 2.18. The van der Waals surface area contributed by atoms with Crippen molar-refractivity contribution in [1.29, 1.82) is 0 Å². The van der Waals surface area contributed by atoms with E-state index in [0.717, 1.165) is 18.9 Å². The molecule has 4 nitrogen and oxygen atoms in total. The van der Waals surface area contributed by atoms with Crippen molar-refractivity contribution in [3.63, 3.8) is 0 Å². The summed E-state index contributed by atoms with van der Waals surface area (Å²) in [5.74, 6) is 0.706. The van der Waals surface area contributed by atoms with Gasteiger partial charge < -0.3 is 16.0 Å². The largest absolute Gasteiger partial charge is 0.355 e. The van der Waals surface area contributed by atoms with E-state index < -0.39 is 5.54 Å². The molecule has 1 saturated heterocycles. The van der Waals surface area contributed by atoms with Gasteiger partial charge in [0.15, 0.2) is 0 Å². The SMILES string of the molecule is CN1CCC(CCNC(=O)C(C)(C)N)CC1.Cl.Cl. The number of amides is 1. The third kappa shape index (κ3) is 7.41. The Hall–Kier alpha value is -0.0300. The second-order valence-corrected chi connectivity index (χ2v) is 5.51. The van der Waals surface area contributed by atoms with E-state index in [2.05, 4.69) is 17.3 Å². The maximum Gasteiger partial charge on any atom is 0.239 e. The molecule has 3 N–H and O–H groups in total. The van der Waals surface area contributed by atoms with Gasteiger partial charge in [-0.3, -0.25) is 4.79 Å². The van der Waals surface area contributed by atoms with E-state index in [-0.39, 0.29) is 30.7 Å². The Kier molecular flexibility index (Phi) is 10.1. The minimum atomic E-state index is -0.757. The number of carbonyl (C=O) groups is 1. The molecule has 18 heavy (non-hydrogen) atoms. The number of carbonyl (C=O) groups excluding carboxylic acids is 1. The zero-order valence-electron chi connectivity index (χ0n) is 11.6. The Morgan fingerprint density at radius 1 is 1.33 bits per heavy atom. The van der Waals surface area contributed by atoms with Gasteiger partial charge in [-0.1, -0.05) is 0 Å². The molecular formula is C12H27Cl2N3O. The first kappa shape index (κ1) is 20.3. The van der Waals surface area contributed by atoms with Crippen LogP contribution in [0.1, 0.15) is 33.1 Å². The molecule has 1 fully saturated rings. The van der Waals surface area contributed by atoms with Crippen LogP contribution in [0.4, 0.5) is 0 Å². The van der Waals surface area contributed by atoms with E-state index in [9.17, 15) is 4.79 Å². The van der Waals surface area contributed by atoms with E-state index in [1.165, 1.54) is 25.9 Å². The fourth-order valence-corrected chi connectivity index (χ4v) is 1.97. The van der Waals surface area contributed by atoms with Crippen LogP contribution in [-0.4, -0.2) is 43.0 Å². The maximum absolute atomic E-state index is 11.5. The molecule has 0 aromatic carbocycles. The zero-order chi connectivity index (χ0) is 12.2. The summed E-state index contributed by atoms with van der Waals surface area (Å²) in [4.78, 5) is 13.9. The Balaban J connectivity index is 0. The first-order valence-electron chi connectivity index (χ1n) is 6.15. The lowest BCUT2D eigenvalue weighted by atomic mass is 9.94. The van der Waals surface area contributed by atoms with Crippen LogP contribution < -0.4 is 11.1 Å². The lowest BCUT2D eigenvalue weighted by Gasteiger charge is -2.29. The topological polar surface area (TPSA) is 58.4 Å². The number of nitrogens with zero attached hydrogens (tertiary/aromatic N) is 1. The summed E-state index contributed by atoms with van der Waals surface area (Å²) in [5.41, 5.74) is 4.94. The van der Waals surface area contributed by atoms with Crippen LogP contribution in [0, 0.1) is 5.92 Å². The van der Waals surface area contributed by atoms with Crippen molar-refractivity contribution in [2.24, 2.45) is 11.7 Å². The van der Waals surface area contributed by atoms with Crippen molar-refractivity contribution < 1.29 is 4.79 Å². The van der Waals surface area contributed by atoms with Crippen molar-refractivity contribution >= 4 is 30.7 Å². The van der Waals surface area contributed by atoms with Crippen molar-refractivity contribution in [1.82, 2.24) is 10.2 Å². The highest BCUT2D eigenvalue weighted by molar-refractivity contribution is 5.85. The second kappa shape index (κ2) is 8.97. The summed E-state index contributed by atoms with van der Waals surface area (Å²) >= 11 is 0. The molecule has 0 aliphatic carbocycles. The van der Waals surface area contributed by atoms with Gasteiger partial charge in [0.25, 0.3) is 0 Å². The summed E-state index contributed by atoms with van der Waals surface area (Å²) in [5, 5.41) is 2.90. The third-order valence-corrected chi connectivity index (χ3v) is 3.26. The molecule has 1 rings (SSSR count). The molecular weight excluding hydrogens is 273 g/mol. The highest BCUT2D eigenvalue weighted by atomic mass is 35.5. The fraction of sp³-hybridized carbons (Fsp3) is 0.917. The fourth-order valence-electron chi connectivity index (χ4n) is 1.97. The molecule has 0 aromatic heterocycles. The Morgan fingerprint density at radius 2 is 1.83 bits per heavy atom. The van der Waals surface area contributed by atoms with E-state index in [4.69, 9.17) is 5.73 Å². The van der Waals surface area contributed by atoms with Crippen LogP contribution in [0.3, 0.4) is 0 Å². The average Bonchev–Trinajstić information content (AvgIpc) is 2.19. The van der Waals surface area contributed by atoms with Gasteiger partial charge in [-0.25, -0.2) is 0 Å². The molecule has 0 bridgehead atoms. The second-order valence-electron chi connectivity index (χ2n) is 5.51. The summed E-state index contributed by atoms with van der Waals surface area (Å²) in [6.07, 6.45) is 3.58. The number of hydrogen-bond acceptors (Lipinski definition) is 3. The van der Waals surface area contributed by atoms with E-state index in [1.807, 2.05) is 0 Å². The Labute approximate surface area is 123 Å². The molecule has 0 spiro atoms. The van der Waals surface area contributed by atoms with Gasteiger partial charge in [-0.05, 0) is 59.2 Å². The summed E-state index contributed by atoms with van der Waals surface area (Å²) in [6, 6.07) is 0.